The summed E-state index contributed by atoms with van der Waals surface area (Å²) < 4.78 is 27.2. The van der Waals surface area contributed by atoms with Crippen molar-refractivity contribution in [1.82, 2.24) is 9.62 Å². The molecule has 0 aliphatic heterocycles. The SMILES string of the molecule is CC(C)C(CNS(=O)(=O)c1ccc(CBr)cc1)N(C)C. The molecule has 0 aliphatic rings. The Kier molecular flexibility index (Phi) is 6.64. The van der Waals surface area contributed by atoms with Crippen LogP contribution in [0.2, 0.25) is 0 Å². The standard InChI is InChI=1S/C14H23BrN2O2S/c1-11(2)14(17(3)4)10-16-20(18,19)13-7-5-12(9-15)6-8-13/h5-8,11,14,16H,9-10H2,1-4H3. The maximum Gasteiger partial charge on any atom is 0.240 e. The number of likely N-dealkylation sites (N-methyl/N-ethyl adjacent to an activating group) is 1. The molecule has 0 amide bonds. The predicted octanol–water partition coefficient (Wildman–Crippen LogP) is 2.45. The van der Waals surface area contributed by atoms with E-state index >= 15 is 0 Å². The number of nitrogens with zero attached hydrogens (tertiary/aromatic N) is 1. The zero-order chi connectivity index (χ0) is 15.3. The lowest BCUT2D eigenvalue weighted by molar-refractivity contribution is 0.233. The lowest BCUT2D eigenvalue weighted by atomic mass is 10.0. The summed E-state index contributed by atoms with van der Waals surface area (Å²) in [4.78, 5) is 2.35. The van der Waals surface area contributed by atoms with E-state index in [1.165, 1.54) is 0 Å². The maximum absolute atomic E-state index is 12.2. The van der Waals surface area contributed by atoms with Crippen LogP contribution in [0.4, 0.5) is 0 Å². The van der Waals surface area contributed by atoms with Gasteiger partial charge in [0.15, 0.2) is 0 Å². The normalized spacial score (nSPS) is 13.9. The van der Waals surface area contributed by atoms with Crippen LogP contribution < -0.4 is 4.72 Å². The van der Waals surface area contributed by atoms with E-state index in [1.807, 2.05) is 31.1 Å². The van der Waals surface area contributed by atoms with Crippen LogP contribution >= 0.6 is 15.9 Å². The number of alkyl halides is 1. The molecular weight excluding hydrogens is 340 g/mol. The summed E-state index contributed by atoms with van der Waals surface area (Å²) in [6.07, 6.45) is 0. The highest BCUT2D eigenvalue weighted by molar-refractivity contribution is 9.08. The third-order valence-electron chi connectivity index (χ3n) is 3.30. The Morgan fingerprint density at radius 3 is 2.15 bits per heavy atom. The summed E-state index contributed by atoms with van der Waals surface area (Å²) in [6.45, 7) is 4.58. The van der Waals surface area contributed by atoms with E-state index in [4.69, 9.17) is 0 Å². The maximum atomic E-state index is 12.2. The van der Waals surface area contributed by atoms with Gasteiger partial charge in [-0.05, 0) is 37.7 Å². The first-order valence-corrected chi connectivity index (χ1v) is 9.19. The van der Waals surface area contributed by atoms with Gasteiger partial charge in [-0.15, -0.1) is 0 Å². The number of halogens is 1. The summed E-state index contributed by atoms with van der Waals surface area (Å²) in [7, 11) is 0.485. The molecule has 0 bridgehead atoms. The van der Waals surface area contributed by atoms with Gasteiger partial charge in [-0.2, -0.15) is 0 Å². The molecule has 0 saturated carbocycles. The van der Waals surface area contributed by atoms with Crippen LogP contribution in [0.5, 0.6) is 0 Å². The van der Waals surface area contributed by atoms with E-state index < -0.39 is 10.0 Å². The highest BCUT2D eigenvalue weighted by Crippen LogP contribution is 2.13. The molecule has 1 aromatic rings. The first-order chi connectivity index (χ1) is 9.27. The smallest absolute Gasteiger partial charge is 0.240 e. The number of hydrogen-bond donors (Lipinski definition) is 1. The summed E-state index contributed by atoms with van der Waals surface area (Å²) in [6, 6.07) is 7.08. The molecule has 1 rings (SSSR count). The van der Waals surface area contributed by atoms with Gasteiger partial charge in [0, 0.05) is 17.9 Å². The molecule has 0 fully saturated rings. The van der Waals surface area contributed by atoms with Crippen LogP contribution in [0.15, 0.2) is 29.2 Å². The zero-order valence-electron chi connectivity index (χ0n) is 12.4. The number of nitrogens with one attached hydrogen (secondary N) is 1. The first kappa shape index (κ1) is 17.6. The highest BCUT2D eigenvalue weighted by Gasteiger charge is 2.20. The predicted molar refractivity (Wildman–Crippen MR) is 86.6 cm³/mol. The molecule has 1 N–H and O–H groups in total. The van der Waals surface area contributed by atoms with Crippen molar-refractivity contribution in [1.29, 1.82) is 0 Å². The van der Waals surface area contributed by atoms with Crippen LogP contribution in [0.3, 0.4) is 0 Å². The van der Waals surface area contributed by atoms with Crippen molar-refractivity contribution in [3.05, 3.63) is 29.8 Å². The third kappa shape index (κ3) is 4.84. The molecule has 0 radical (unpaired) electrons. The number of rotatable bonds is 7. The van der Waals surface area contributed by atoms with Crippen molar-refractivity contribution in [2.45, 2.75) is 30.1 Å². The number of benzene rings is 1. The fourth-order valence-electron chi connectivity index (χ4n) is 2.05. The second-order valence-electron chi connectivity index (χ2n) is 5.40. The quantitative estimate of drug-likeness (QED) is 0.757. The molecular formula is C14H23BrN2O2S. The average molecular weight is 363 g/mol. The molecule has 0 saturated heterocycles. The molecule has 4 nitrogen and oxygen atoms in total. The Hall–Kier alpha value is -0.430. The van der Waals surface area contributed by atoms with Gasteiger partial charge in [0.25, 0.3) is 0 Å². The van der Waals surface area contributed by atoms with E-state index in [0.717, 1.165) is 10.9 Å². The van der Waals surface area contributed by atoms with E-state index in [0.29, 0.717) is 17.4 Å². The lowest BCUT2D eigenvalue weighted by Crippen LogP contribution is -2.43. The Balaban J connectivity index is 2.78. The number of sulfonamides is 1. The van der Waals surface area contributed by atoms with Gasteiger partial charge in [0.05, 0.1) is 4.90 Å². The summed E-state index contributed by atoms with van der Waals surface area (Å²) in [5.41, 5.74) is 1.05. The summed E-state index contributed by atoms with van der Waals surface area (Å²) >= 11 is 3.34. The zero-order valence-corrected chi connectivity index (χ0v) is 14.8. The van der Waals surface area contributed by atoms with Crippen LogP contribution in [0.25, 0.3) is 0 Å². The Morgan fingerprint density at radius 2 is 1.75 bits per heavy atom. The lowest BCUT2D eigenvalue weighted by Gasteiger charge is -2.28. The van der Waals surface area contributed by atoms with Crippen LogP contribution in [0.1, 0.15) is 19.4 Å². The highest BCUT2D eigenvalue weighted by atomic mass is 79.9. The average Bonchev–Trinajstić information content (AvgIpc) is 2.38. The van der Waals surface area contributed by atoms with Crippen molar-refractivity contribution < 1.29 is 8.42 Å². The topological polar surface area (TPSA) is 49.4 Å². The molecule has 0 aromatic heterocycles. The summed E-state index contributed by atoms with van der Waals surface area (Å²) in [5.74, 6) is 0.378. The molecule has 114 valence electrons. The Morgan fingerprint density at radius 1 is 1.20 bits per heavy atom. The van der Waals surface area contributed by atoms with E-state index in [2.05, 4.69) is 34.5 Å². The van der Waals surface area contributed by atoms with Gasteiger partial charge < -0.3 is 4.90 Å². The fourth-order valence-corrected chi connectivity index (χ4v) is 3.48. The second-order valence-corrected chi connectivity index (χ2v) is 7.73. The Labute approximate surface area is 130 Å². The third-order valence-corrected chi connectivity index (χ3v) is 5.39. The van der Waals surface area contributed by atoms with Gasteiger partial charge in [-0.3, -0.25) is 0 Å². The van der Waals surface area contributed by atoms with Gasteiger partial charge in [0.2, 0.25) is 10.0 Å². The molecule has 1 aromatic carbocycles. The van der Waals surface area contributed by atoms with E-state index in [9.17, 15) is 8.42 Å². The monoisotopic (exact) mass is 362 g/mol. The number of hydrogen-bond acceptors (Lipinski definition) is 3. The van der Waals surface area contributed by atoms with Gasteiger partial charge in [-0.25, -0.2) is 13.1 Å². The van der Waals surface area contributed by atoms with E-state index in [1.54, 1.807) is 12.1 Å². The summed E-state index contributed by atoms with van der Waals surface area (Å²) in [5, 5.41) is 0.719. The van der Waals surface area contributed by atoms with Gasteiger partial charge in [0.1, 0.15) is 0 Å². The van der Waals surface area contributed by atoms with Gasteiger partial charge in [-0.1, -0.05) is 41.9 Å². The van der Waals surface area contributed by atoms with Crippen molar-refractivity contribution in [3.8, 4) is 0 Å². The van der Waals surface area contributed by atoms with Crippen molar-refractivity contribution in [3.63, 3.8) is 0 Å². The Bertz CT molecular complexity index is 504. The molecule has 1 unspecified atom stereocenters. The molecule has 0 spiro atoms. The largest absolute Gasteiger partial charge is 0.305 e. The van der Waals surface area contributed by atoms with E-state index in [-0.39, 0.29) is 6.04 Å². The first-order valence-electron chi connectivity index (χ1n) is 6.59. The van der Waals surface area contributed by atoms with Crippen LogP contribution in [0, 0.1) is 5.92 Å². The molecule has 1 atom stereocenters. The molecule has 6 heteroatoms. The fraction of sp³-hybridized carbons (Fsp3) is 0.571. The minimum atomic E-state index is -3.44. The van der Waals surface area contributed by atoms with Crippen molar-refractivity contribution >= 4 is 26.0 Å². The van der Waals surface area contributed by atoms with Crippen LogP contribution in [-0.4, -0.2) is 40.0 Å². The second kappa shape index (κ2) is 7.54. The molecule has 20 heavy (non-hydrogen) atoms. The van der Waals surface area contributed by atoms with Crippen LogP contribution in [-0.2, 0) is 15.4 Å². The minimum Gasteiger partial charge on any atom is -0.305 e. The van der Waals surface area contributed by atoms with Gasteiger partial charge >= 0.3 is 0 Å². The van der Waals surface area contributed by atoms with Crippen molar-refractivity contribution in [2.24, 2.45) is 5.92 Å². The molecule has 0 heterocycles. The molecule has 0 aliphatic carbocycles. The minimum absolute atomic E-state index is 0.173. The van der Waals surface area contributed by atoms with Crippen molar-refractivity contribution in [2.75, 3.05) is 20.6 Å².